The Morgan fingerprint density at radius 3 is 2.48 bits per heavy atom. The van der Waals surface area contributed by atoms with Crippen LogP contribution < -0.4 is 0 Å². The molecule has 1 aromatic heterocycles. The fraction of sp³-hybridized carbons (Fsp3) is 0.357. The highest BCUT2D eigenvalue weighted by Crippen LogP contribution is 2.38. The first-order valence-corrected chi connectivity index (χ1v) is 6.23. The van der Waals surface area contributed by atoms with E-state index in [0.717, 1.165) is 6.07 Å². The Morgan fingerprint density at radius 2 is 2.00 bits per heavy atom. The monoisotopic (exact) mass is 301 g/mol. The molecule has 0 bridgehead atoms. The number of carboxylic acid groups (broad SMARTS) is 1. The summed E-state index contributed by atoms with van der Waals surface area (Å²) in [5.41, 5.74) is -0.0503. The lowest BCUT2D eigenvalue weighted by Crippen LogP contribution is -2.11. The number of benzene rings is 1. The number of aliphatic carboxylic acids is 1. The van der Waals surface area contributed by atoms with Crippen LogP contribution in [-0.4, -0.2) is 21.2 Å². The van der Waals surface area contributed by atoms with E-state index in [2.05, 4.69) is 4.98 Å². The molecule has 0 saturated carbocycles. The van der Waals surface area contributed by atoms with E-state index in [4.69, 9.17) is 5.11 Å². The first kappa shape index (κ1) is 15.4. The van der Waals surface area contributed by atoms with Gasteiger partial charge in [0, 0.05) is 16.6 Å². The number of rotatable bonds is 3. The average molecular weight is 301 g/mol. The lowest BCUT2D eigenvalue weighted by Gasteiger charge is -2.15. The van der Waals surface area contributed by atoms with Gasteiger partial charge >= 0.3 is 12.1 Å². The Hall–Kier alpha value is -2.02. The molecule has 0 radical (unpaired) electrons. The number of carbonyl (C=O) groups is 1. The third-order valence-corrected chi connectivity index (χ3v) is 3.37. The number of hydrogen-bond donors (Lipinski definition) is 3. The van der Waals surface area contributed by atoms with Crippen molar-refractivity contribution in [3.63, 3.8) is 0 Å². The molecule has 1 atom stereocenters. The summed E-state index contributed by atoms with van der Waals surface area (Å²) in [5, 5.41) is 18.9. The van der Waals surface area contributed by atoms with Crippen LogP contribution in [0.4, 0.5) is 13.2 Å². The molecular formula is C14H14F3NO3. The largest absolute Gasteiger partial charge is 0.481 e. The van der Waals surface area contributed by atoms with Gasteiger partial charge < -0.3 is 15.2 Å². The summed E-state index contributed by atoms with van der Waals surface area (Å²) >= 11 is 0. The highest BCUT2D eigenvalue weighted by molar-refractivity contribution is 5.89. The highest BCUT2D eigenvalue weighted by atomic mass is 19.4. The molecule has 0 spiro atoms. The summed E-state index contributed by atoms with van der Waals surface area (Å²) in [7, 11) is 0. The first-order valence-electron chi connectivity index (χ1n) is 6.23. The van der Waals surface area contributed by atoms with Crippen molar-refractivity contribution in [3.8, 4) is 0 Å². The van der Waals surface area contributed by atoms with Gasteiger partial charge in [0.2, 0.25) is 0 Å². The van der Waals surface area contributed by atoms with E-state index in [-0.39, 0.29) is 17.5 Å². The van der Waals surface area contributed by atoms with Crippen LogP contribution in [0.25, 0.3) is 10.9 Å². The number of hydrogen-bond acceptors (Lipinski definition) is 2. The van der Waals surface area contributed by atoms with Gasteiger partial charge in [0.25, 0.3) is 0 Å². The molecule has 0 aliphatic carbocycles. The third-order valence-electron chi connectivity index (χ3n) is 3.37. The number of aliphatic hydroxyl groups excluding tert-OH is 1. The van der Waals surface area contributed by atoms with Crippen molar-refractivity contribution in [2.75, 3.05) is 0 Å². The zero-order valence-electron chi connectivity index (χ0n) is 11.4. The summed E-state index contributed by atoms with van der Waals surface area (Å²) in [6.45, 7) is 2.85. The minimum absolute atomic E-state index is 0.209. The molecule has 0 aliphatic heterocycles. The number of carboxylic acids is 1. The Kier molecular flexibility index (Phi) is 3.71. The number of fused-ring (bicyclic) bond motifs is 1. The fourth-order valence-electron chi connectivity index (χ4n) is 2.42. The molecule has 3 N–H and O–H groups in total. The van der Waals surface area contributed by atoms with Crippen LogP contribution in [0.1, 0.15) is 35.4 Å². The number of aliphatic hydroxyl groups is 1. The Balaban J connectivity index is 2.76. The topological polar surface area (TPSA) is 73.3 Å². The van der Waals surface area contributed by atoms with Gasteiger partial charge in [-0.05, 0) is 37.1 Å². The molecule has 0 fully saturated rings. The zero-order chi connectivity index (χ0) is 15.9. The quantitative estimate of drug-likeness (QED) is 0.815. The summed E-state index contributed by atoms with van der Waals surface area (Å²) in [4.78, 5) is 13.6. The van der Waals surface area contributed by atoms with Gasteiger partial charge in [-0.15, -0.1) is 0 Å². The molecule has 114 valence electrons. The summed E-state index contributed by atoms with van der Waals surface area (Å²) in [6.07, 6.45) is -6.19. The summed E-state index contributed by atoms with van der Waals surface area (Å²) in [6, 6.07) is 2.13. The van der Waals surface area contributed by atoms with Gasteiger partial charge in [-0.25, -0.2) is 0 Å². The van der Waals surface area contributed by atoms with E-state index in [1.54, 1.807) is 6.92 Å². The number of alkyl halides is 3. The Morgan fingerprint density at radius 1 is 1.38 bits per heavy atom. The fourth-order valence-corrected chi connectivity index (χ4v) is 2.42. The molecule has 7 heteroatoms. The lowest BCUT2D eigenvalue weighted by molar-refractivity contribution is -0.139. The highest BCUT2D eigenvalue weighted by Gasteiger charge is 2.35. The molecule has 21 heavy (non-hydrogen) atoms. The third kappa shape index (κ3) is 2.87. The molecule has 4 nitrogen and oxygen atoms in total. The lowest BCUT2D eigenvalue weighted by atomic mass is 9.98. The maximum atomic E-state index is 13.0. The van der Waals surface area contributed by atoms with Crippen molar-refractivity contribution in [1.29, 1.82) is 0 Å². The molecule has 2 aromatic rings. The van der Waals surface area contributed by atoms with Crippen LogP contribution in [0.3, 0.4) is 0 Å². The van der Waals surface area contributed by atoms with E-state index in [1.165, 1.54) is 13.0 Å². The molecule has 1 heterocycles. The van der Waals surface area contributed by atoms with Crippen LogP contribution in [0.15, 0.2) is 12.1 Å². The summed E-state index contributed by atoms with van der Waals surface area (Å²) < 4.78 is 39.1. The van der Waals surface area contributed by atoms with Crippen molar-refractivity contribution in [2.45, 2.75) is 32.5 Å². The van der Waals surface area contributed by atoms with Crippen molar-refractivity contribution >= 4 is 16.9 Å². The molecule has 2 rings (SSSR count). The predicted molar refractivity (Wildman–Crippen MR) is 70.0 cm³/mol. The summed E-state index contributed by atoms with van der Waals surface area (Å²) in [5.74, 6) is -1.07. The van der Waals surface area contributed by atoms with Crippen LogP contribution >= 0.6 is 0 Å². The van der Waals surface area contributed by atoms with Gasteiger partial charge in [-0.3, -0.25) is 4.79 Å². The predicted octanol–water partition coefficient (Wildman–Crippen LogP) is 3.18. The van der Waals surface area contributed by atoms with Crippen LogP contribution in [-0.2, 0) is 17.4 Å². The second-order valence-corrected chi connectivity index (χ2v) is 4.96. The maximum absolute atomic E-state index is 13.0. The Labute approximate surface area is 118 Å². The average Bonchev–Trinajstić information content (AvgIpc) is 2.62. The van der Waals surface area contributed by atoms with Crippen molar-refractivity contribution in [3.05, 3.63) is 34.5 Å². The Bertz CT molecular complexity index is 702. The van der Waals surface area contributed by atoms with Gasteiger partial charge in [0.05, 0.1) is 18.1 Å². The van der Waals surface area contributed by atoms with E-state index in [9.17, 15) is 23.1 Å². The van der Waals surface area contributed by atoms with Gasteiger partial charge in [0.15, 0.2) is 0 Å². The first-order chi connectivity index (χ1) is 9.61. The number of H-pyrrole nitrogens is 1. The van der Waals surface area contributed by atoms with Crippen LogP contribution in [0.2, 0.25) is 0 Å². The second kappa shape index (κ2) is 5.07. The molecule has 0 amide bonds. The SMILES string of the molecule is Cc1[nH]c2cc(C(F)(F)F)c(C(C)O)cc2c1CC(=O)O. The van der Waals surface area contributed by atoms with Crippen molar-refractivity contribution < 1.29 is 28.2 Å². The van der Waals surface area contributed by atoms with Gasteiger partial charge in [-0.2, -0.15) is 13.2 Å². The van der Waals surface area contributed by atoms with E-state index < -0.39 is 23.8 Å². The standard InChI is InChI=1S/C14H14F3NO3/c1-6-8(4-13(20)21)10-3-9(7(2)19)11(14(15,16)17)5-12(10)18-6/h3,5,7,18-19H,4H2,1-2H3,(H,20,21). The van der Waals surface area contributed by atoms with Gasteiger partial charge in [-0.1, -0.05) is 0 Å². The molecule has 1 aromatic carbocycles. The van der Waals surface area contributed by atoms with E-state index in [0.29, 0.717) is 16.6 Å². The second-order valence-electron chi connectivity index (χ2n) is 4.96. The number of aromatic amines is 1. The normalized spacial score (nSPS) is 13.6. The number of nitrogens with one attached hydrogen (secondary N) is 1. The van der Waals surface area contributed by atoms with Crippen molar-refractivity contribution in [2.24, 2.45) is 0 Å². The van der Waals surface area contributed by atoms with Gasteiger partial charge in [0.1, 0.15) is 0 Å². The number of halogens is 3. The number of aromatic nitrogens is 1. The van der Waals surface area contributed by atoms with Crippen molar-refractivity contribution in [1.82, 2.24) is 4.98 Å². The van der Waals surface area contributed by atoms with Crippen LogP contribution in [0, 0.1) is 6.92 Å². The smallest absolute Gasteiger partial charge is 0.416 e. The van der Waals surface area contributed by atoms with Crippen LogP contribution in [0.5, 0.6) is 0 Å². The van der Waals surface area contributed by atoms with E-state index in [1.807, 2.05) is 0 Å². The zero-order valence-corrected chi connectivity index (χ0v) is 11.4. The molecule has 0 aliphatic rings. The number of aryl methyl sites for hydroxylation is 1. The minimum atomic E-state index is -4.59. The molecular weight excluding hydrogens is 287 g/mol. The molecule has 0 saturated heterocycles. The minimum Gasteiger partial charge on any atom is -0.481 e. The molecule has 1 unspecified atom stereocenters. The maximum Gasteiger partial charge on any atom is 0.416 e. The van der Waals surface area contributed by atoms with E-state index >= 15 is 0 Å².